The van der Waals surface area contributed by atoms with Gasteiger partial charge in [-0.25, -0.2) is 0 Å². The highest BCUT2D eigenvalue weighted by Crippen LogP contribution is 2.27. The van der Waals surface area contributed by atoms with E-state index in [0.717, 1.165) is 12.3 Å². The molecule has 0 fully saturated rings. The lowest BCUT2D eigenvalue weighted by Crippen LogP contribution is -1.91. The third kappa shape index (κ3) is 5.12. The number of benzene rings is 1. The summed E-state index contributed by atoms with van der Waals surface area (Å²) in [5.41, 5.74) is 1.24. The highest BCUT2D eigenvalue weighted by atomic mass is 16.5. The minimum absolute atomic E-state index is 0.219. The second kappa shape index (κ2) is 7.21. The van der Waals surface area contributed by atoms with Crippen molar-refractivity contribution in [1.29, 1.82) is 0 Å². The molecule has 2 nitrogen and oxygen atoms in total. The summed E-state index contributed by atoms with van der Waals surface area (Å²) in [5.74, 6) is 1.60. The number of methoxy groups -OCH3 is 1. The number of phenolic OH excluding ortho intramolecular Hbond substituents is 1. The number of aryl methyl sites for hydroxylation is 1. The highest BCUT2D eigenvalue weighted by Gasteiger charge is 2.02. The molecule has 17 heavy (non-hydrogen) atoms. The molecule has 0 heterocycles. The van der Waals surface area contributed by atoms with E-state index in [-0.39, 0.29) is 5.75 Å². The Hall–Kier alpha value is -1.18. The fourth-order valence-corrected chi connectivity index (χ4v) is 1.94. The monoisotopic (exact) mass is 236 g/mol. The van der Waals surface area contributed by atoms with Crippen LogP contribution in [-0.4, -0.2) is 12.2 Å². The lowest BCUT2D eigenvalue weighted by molar-refractivity contribution is 0.373. The summed E-state index contributed by atoms with van der Waals surface area (Å²) in [6.45, 7) is 4.54. The predicted molar refractivity (Wildman–Crippen MR) is 71.7 cm³/mol. The van der Waals surface area contributed by atoms with E-state index in [1.54, 1.807) is 13.2 Å². The first-order valence-electron chi connectivity index (χ1n) is 6.49. The van der Waals surface area contributed by atoms with Gasteiger partial charge in [0.25, 0.3) is 0 Å². The molecule has 2 heteroatoms. The van der Waals surface area contributed by atoms with Gasteiger partial charge in [-0.1, -0.05) is 39.2 Å². The minimum atomic E-state index is 0.219. The van der Waals surface area contributed by atoms with E-state index in [2.05, 4.69) is 13.8 Å². The van der Waals surface area contributed by atoms with Crippen LogP contribution in [0, 0.1) is 5.92 Å². The van der Waals surface area contributed by atoms with E-state index in [0.29, 0.717) is 5.75 Å². The van der Waals surface area contributed by atoms with Crippen molar-refractivity contribution in [3.05, 3.63) is 23.8 Å². The van der Waals surface area contributed by atoms with Crippen LogP contribution in [-0.2, 0) is 6.42 Å². The van der Waals surface area contributed by atoms with E-state index in [9.17, 15) is 5.11 Å². The van der Waals surface area contributed by atoms with Crippen LogP contribution in [0.4, 0.5) is 0 Å². The summed E-state index contributed by atoms with van der Waals surface area (Å²) in [6.07, 6.45) is 6.18. The topological polar surface area (TPSA) is 29.5 Å². The van der Waals surface area contributed by atoms with Crippen molar-refractivity contribution < 1.29 is 9.84 Å². The Bertz CT molecular complexity index is 332. The van der Waals surface area contributed by atoms with Gasteiger partial charge in [-0.2, -0.15) is 0 Å². The van der Waals surface area contributed by atoms with Crippen LogP contribution in [0.15, 0.2) is 18.2 Å². The molecule has 0 spiro atoms. The van der Waals surface area contributed by atoms with Gasteiger partial charge in [0.15, 0.2) is 11.5 Å². The first-order valence-corrected chi connectivity index (χ1v) is 6.49. The molecule has 1 rings (SSSR count). The summed E-state index contributed by atoms with van der Waals surface area (Å²) in [7, 11) is 1.58. The van der Waals surface area contributed by atoms with Crippen LogP contribution in [0.1, 0.15) is 45.1 Å². The Morgan fingerprint density at radius 3 is 2.59 bits per heavy atom. The molecule has 0 aliphatic heterocycles. The average Bonchev–Trinajstić information content (AvgIpc) is 2.30. The maximum absolute atomic E-state index is 9.48. The van der Waals surface area contributed by atoms with Crippen LogP contribution in [0.25, 0.3) is 0 Å². The molecule has 1 aromatic rings. The maximum atomic E-state index is 9.48. The Labute approximate surface area is 105 Å². The molecule has 0 atom stereocenters. The van der Waals surface area contributed by atoms with E-state index >= 15 is 0 Å². The number of ether oxygens (including phenoxy) is 1. The Morgan fingerprint density at radius 1 is 1.18 bits per heavy atom. The standard InChI is InChI=1S/C15H24O2/c1-12(2)7-5-4-6-8-13-9-10-14(16)15(11-13)17-3/h9-12,16H,4-8H2,1-3H3. The molecule has 0 aliphatic carbocycles. The molecule has 0 saturated heterocycles. The first kappa shape index (κ1) is 13.9. The lowest BCUT2D eigenvalue weighted by atomic mass is 10.0. The van der Waals surface area contributed by atoms with Crippen LogP contribution >= 0.6 is 0 Å². The SMILES string of the molecule is COc1cc(CCCCCC(C)C)ccc1O. The molecule has 96 valence electrons. The van der Waals surface area contributed by atoms with Gasteiger partial charge in [0.2, 0.25) is 0 Å². The van der Waals surface area contributed by atoms with Gasteiger partial charge in [-0.3, -0.25) is 0 Å². The van der Waals surface area contributed by atoms with Crippen LogP contribution < -0.4 is 4.74 Å². The van der Waals surface area contributed by atoms with Crippen molar-refractivity contribution in [3.8, 4) is 11.5 Å². The van der Waals surface area contributed by atoms with Gasteiger partial charge in [0, 0.05) is 0 Å². The maximum Gasteiger partial charge on any atom is 0.160 e. The largest absolute Gasteiger partial charge is 0.504 e. The van der Waals surface area contributed by atoms with Crippen molar-refractivity contribution in [2.24, 2.45) is 5.92 Å². The van der Waals surface area contributed by atoms with Crippen molar-refractivity contribution in [1.82, 2.24) is 0 Å². The molecule has 0 bridgehead atoms. The normalized spacial score (nSPS) is 10.8. The molecular formula is C15H24O2. The summed E-state index contributed by atoms with van der Waals surface area (Å²) in [5, 5.41) is 9.48. The molecule has 0 saturated carbocycles. The number of phenols is 1. The van der Waals surface area contributed by atoms with E-state index in [1.807, 2.05) is 12.1 Å². The summed E-state index contributed by atoms with van der Waals surface area (Å²) >= 11 is 0. The molecule has 0 aliphatic rings. The van der Waals surface area contributed by atoms with E-state index in [1.165, 1.54) is 31.2 Å². The molecule has 0 aromatic heterocycles. The van der Waals surface area contributed by atoms with Gasteiger partial charge < -0.3 is 9.84 Å². The highest BCUT2D eigenvalue weighted by molar-refractivity contribution is 5.41. The fourth-order valence-electron chi connectivity index (χ4n) is 1.94. The van der Waals surface area contributed by atoms with Crippen molar-refractivity contribution >= 4 is 0 Å². The molecule has 0 unspecified atom stereocenters. The smallest absolute Gasteiger partial charge is 0.160 e. The molecular weight excluding hydrogens is 212 g/mol. The van der Waals surface area contributed by atoms with Crippen molar-refractivity contribution in [3.63, 3.8) is 0 Å². The second-order valence-electron chi connectivity index (χ2n) is 5.00. The number of hydrogen-bond donors (Lipinski definition) is 1. The van der Waals surface area contributed by atoms with E-state index in [4.69, 9.17) is 4.74 Å². The quantitative estimate of drug-likeness (QED) is 0.720. The van der Waals surface area contributed by atoms with Gasteiger partial charge in [-0.05, 0) is 36.5 Å². The Balaban J connectivity index is 2.32. The Morgan fingerprint density at radius 2 is 1.94 bits per heavy atom. The zero-order valence-electron chi connectivity index (χ0n) is 11.2. The fraction of sp³-hybridized carbons (Fsp3) is 0.600. The van der Waals surface area contributed by atoms with E-state index < -0.39 is 0 Å². The molecule has 0 radical (unpaired) electrons. The molecule has 0 amide bonds. The number of aromatic hydroxyl groups is 1. The third-order valence-electron chi connectivity index (χ3n) is 2.99. The summed E-state index contributed by atoms with van der Waals surface area (Å²) in [6, 6.07) is 5.61. The van der Waals surface area contributed by atoms with Crippen LogP contribution in [0.2, 0.25) is 0 Å². The number of rotatable bonds is 7. The van der Waals surface area contributed by atoms with Gasteiger partial charge in [0.05, 0.1) is 7.11 Å². The van der Waals surface area contributed by atoms with Crippen molar-refractivity contribution in [2.75, 3.05) is 7.11 Å². The predicted octanol–water partition coefficient (Wildman–Crippen LogP) is 4.16. The lowest BCUT2D eigenvalue weighted by Gasteiger charge is -2.07. The molecule has 1 N–H and O–H groups in total. The van der Waals surface area contributed by atoms with Gasteiger partial charge in [0.1, 0.15) is 0 Å². The van der Waals surface area contributed by atoms with Crippen LogP contribution in [0.3, 0.4) is 0 Å². The first-order chi connectivity index (χ1) is 8.13. The van der Waals surface area contributed by atoms with Crippen molar-refractivity contribution in [2.45, 2.75) is 46.0 Å². The number of hydrogen-bond acceptors (Lipinski definition) is 2. The third-order valence-corrected chi connectivity index (χ3v) is 2.99. The molecule has 1 aromatic carbocycles. The second-order valence-corrected chi connectivity index (χ2v) is 5.00. The Kier molecular flexibility index (Phi) is 5.88. The van der Waals surface area contributed by atoms with Gasteiger partial charge in [-0.15, -0.1) is 0 Å². The zero-order chi connectivity index (χ0) is 12.7. The summed E-state index contributed by atoms with van der Waals surface area (Å²) in [4.78, 5) is 0. The van der Waals surface area contributed by atoms with Gasteiger partial charge >= 0.3 is 0 Å². The minimum Gasteiger partial charge on any atom is -0.504 e. The zero-order valence-corrected chi connectivity index (χ0v) is 11.2. The number of unbranched alkanes of at least 4 members (excludes halogenated alkanes) is 2. The van der Waals surface area contributed by atoms with Crippen LogP contribution in [0.5, 0.6) is 11.5 Å². The average molecular weight is 236 g/mol. The summed E-state index contributed by atoms with van der Waals surface area (Å²) < 4.78 is 5.09.